The number of morpholine rings is 1. The van der Waals surface area contributed by atoms with E-state index in [2.05, 4.69) is 15.5 Å². The van der Waals surface area contributed by atoms with E-state index in [4.69, 9.17) is 53.0 Å². The van der Waals surface area contributed by atoms with Gasteiger partial charge in [-0.2, -0.15) is 0 Å². The molecular formula is C31H32Cl2N6O5. The fourth-order valence-electron chi connectivity index (χ4n) is 5.17. The SMILES string of the molecule is [N-]=[N+]=NCc1ccccc1C[C@]1(C(=O)NN2CCOCC2)N=C(c2ccc(OCCCO)cc2)O[C@H]1c1ccc(Cl)cc1Cl. The molecule has 1 saturated heterocycles. The van der Waals surface area contributed by atoms with Crippen molar-refractivity contribution < 1.29 is 24.1 Å². The van der Waals surface area contributed by atoms with Crippen LogP contribution < -0.4 is 10.2 Å². The molecular weight excluding hydrogens is 607 g/mol. The number of hydrazine groups is 1. The van der Waals surface area contributed by atoms with Crippen LogP contribution in [0.15, 0.2) is 76.8 Å². The summed E-state index contributed by atoms with van der Waals surface area (Å²) in [6.07, 6.45) is -0.296. The number of rotatable bonds is 12. The van der Waals surface area contributed by atoms with Crippen LogP contribution in [0, 0.1) is 0 Å². The van der Waals surface area contributed by atoms with Crippen molar-refractivity contribution in [2.24, 2.45) is 10.1 Å². The fraction of sp³-hybridized carbons (Fsp3) is 0.355. The summed E-state index contributed by atoms with van der Waals surface area (Å²) < 4.78 is 17.7. The van der Waals surface area contributed by atoms with E-state index >= 15 is 0 Å². The molecule has 2 heterocycles. The monoisotopic (exact) mass is 638 g/mol. The maximum Gasteiger partial charge on any atom is 0.266 e. The molecule has 0 saturated carbocycles. The molecule has 0 spiro atoms. The third-order valence-corrected chi connectivity index (χ3v) is 7.99. The second-order valence-corrected chi connectivity index (χ2v) is 11.2. The Morgan fingerprint density at radius 2 is 1.89 bits per heavy atom. The van der Waals surface area contributed by atoms with E-state index in [-0.39, 0.29) is 31.4 Å². The number of nitrogens with zero attached hydrogens (tertiary/aromatic N) is 5. The van der Waals surface area contributed by atoms with Gasteiger partial charge in [-0.1, -0.05) is 58.6 Å². The minimum absolute atomic E-state index is 0.0396. The van der Waals surface area contributed by atoms with Gasteiger partial charge in [0.1, 0.15) is 5.75 Å². The molecule has 0 aliphatic carbocycles. The van der Waals surface area contributed by atoms with Gasteiger partial charge in [0.05, 0.1) is 26.4 Å². The van der Waals surface area contributed by atoms with Crippen molar-refractivity contribution in [1.29, 1.82) is 0 Å². The van der Waals surface area contributed by atoms with Crippen molar-refractivity contribution in [3.05, 3.63) is 109 Å². The van der Waals surface area contributed by atoms with Gasteiger partial charge >= 0.3 is 0 Å². The largest absolute Gasteiger partial charge is 0.494 e. The first-order valence-electron chi connectivity index (χ1n) is 14.2. The van der Waals surface area contributed by atoms with Crippen molar-refractivity contribution in [3.63, 3.8) is 0 Å². The minimum Gasteiger partial charge on any atom is -0.494 e. The first-order chi connectivity index (χ1) is 21.4. The van der Waals surface area contributed by atoms with E-state index in [1.54, 1.807) is 42.5 Å². The van der Waals surface area contributed by atoms with Gasteiger partial charge in [-0.3, -0.25) is 10.2 Å². The van der Waals surface area contributed by atoms with Crippen molar-refractivity contribution in [2.75, 3.05) is 39.5 Å². The lowest BCUT2D eigenvalue weighted by Crippen LogP contribution is -2.57. The summed E-state index contributed by atoms with van der Waals surface area (Å²) in [4.78, 5) is 22.5. The number of amides is 1. The number of aliphatic hydroxyl groups is 1. The first-order valence-corrected chi connectivity index (χ1v) is 15.0. The van der Waals surface area contributed by atoms with E-state index in [1.165, 1.54) is 0 Å². The minimum atomic E-state index is -1.52. The Labute approximate surface area is 264 Å². The molecule has 2 N–H and O–H groups in total. The highest BCUT2D eigenvalue weighted by Gasteiger charge is 2.54. The molecule has 230 valence electrons. The fourth-order valence-corrected chi connectivity index (χ4v) is 5.68. The topological polar surface area (TPSA) is 141 Å². The highest BCUT2D eigenvalue weighted by molar-refractivity contribution is 6.35. The smallest absolute Gasteiger partial charge is 0.266 e. The number of benzene rings is 3. The molecule has 1 amide bonds. The maximum atomic E-state index is 14.5. The lowest BCUT2D eigenvalue weighted by molar-refractivity contribution is -0.136. The number of hydrogen-bond donors (Lipinski definition) is 2. The van der Waals surface area contributed by atoms with Crippen molar-refractivity contribution in [2.45, 2.75) is 31.0 Å². The molecule has 13 heteroatoms. The summed E-state index contributed by atoms with van der Waals surface area (Å²) in [6.45, 7) is 2.50. The summed E-state index contributed by atoms with van der Waals surface area (Å²) in [5.74, 6) is 0.502. The van der Waals surface area contributed by atoms with E-state index in [0.717, 1.165) is 11.1 Å². The molecule has 0 unspecified atom stereocenters. The number of carbonyl (C=O) groups excluding carboxylic acids is 1. The van der Waals surface area contributed by atoms with Crippen molar-refractivity contribution in [3.8, 4) is 5.75 Å². The van der Waals surface area contributed by atoms with Crippen LogP contribution >= 0.6 is 23.2 Å². The average Bonchev–Trinajstić information content (AvgIpc) is 3.41. The molecule has 0 radical (unpaired) electrons. The molecule has 1 fully saturated rings. The van der Waals surface area contributed by atoms with Crippen LogP contribution in [0.4, 0.5) is 0 Å². The standard InChI is InChI=1S/C31H32Cl2N6O5/c32-24-8-11-26(27(33)18-24)28-31(30(41)37-39-12-16-42-17-13-39,19-22-4-1-2-5-23(22)20-35-38-34)36-29(44-28)21-6-9-25(10-7-21)43-15-3-14-40/h1-2,4-11,18,28,40H,3,12-17,19-20H2,(H,37,41)/t28-,31-/m0/s1. The van der Waals surface area contributed by atoms with E-state index in [0.29, 0.717) is 66.3 Å². The second kappa shape index (κ2) is 14.8. The highest BCUT2D eigenvalue weighted by atomic mass is 35.5. The number of halogens is 2. The summed E-state index contributed by atoms with van der Waals surface area (Å²) in [5.41, 5.74) is 13.3. The van der Waals surface area contributed by atoms with E-state index < -0.39 is 11.6 Å². The van der Waals surface area contributed by atoms with Crippen LogP contribution in [0.5, 0.6) is 5.75 Å². The van der Waals surface area contributed by atoms with Crippen LogP contribution in [0.1, 0.15) is 34.8 Å². The Morgan fingerprint density at radius 1 is 1.14 bits per heavy atom. The lowest BCUT2D eigenvalue weighted by atomic mass is 9.81. The zero-order valence-corrected chi connectivity index (χ0v) is 25.4. The van der Waals surface area contributed by atoms with Crippen LogP contribution in [0.3, 0.4) is 0 Å². The molecule has 2 aliphatic heterocycles. The number of ether oxygens (including phenoxy) is 3. The Hall–Kier alpha value is -3.83. The predicted molar refractivity (Wildman–Crippen MR) is 167 cm³/mol. The van der Waals surface area contributed by atoms with Gasteiger partial charge in [0.15, 0.2) is 11.6 Å². The summed E-state index contributed by atoms with van der Waals surface area (Å²) in [6, 6.07) is 19.7. The number of carbonyl (C=O) groups is 1. The highest BCUT2D eigenvalue weighted by Crippen LogP contribution is 2.45. The van der Waals surface area contributed by atoms with Gasteiger partial charge in [0.2, 0.25) is 5.90 Å². The van der Waals surface area contributed by atoms with Gasteiger partial charge in [-0.05, 0) is 53.1 Å². The van der Waals surface area contributed by atoms with Gasteiger partial charge < -0.3 is 19.3 Å². The van der Waals surface area contributed by atoms with Crippen molar-refractivity contribution in [1.82, 2.24) is 10.4 Å². The van der Waals surface area contributed by atoms with Crippen molar-refractivity contribution >= 4 is 35.0 Å². The van der Waals surface area contributed by atoms with Gasteiger partial charge in [-0.15, -0.1) is 0 Å². The normalized spacial score (nSPS) is 19.9. The van der Waals surface area contributed by atoms with E-state index in [9.17, 15) is 4.79 Å². The zero-order valence-electron chi connectivity index (χ0n) is 23.9. The Morgan fingerprint density at radius 3 is 2.59 bits per heavy atom. The zero-order chi connectivity index (χ0) is 30.9. The van der Waals surface area contributed by atoms with Gasteiger partial charge in [0.25, 0.3) is 5.91 Å². The maximum absolute atomic E-state index is 14.5. The van der Waals surface area contributed by atoms with E-state index in [1.807, 2.05) is 29.3 Å². The lowest BCUT2D eigenvalue weighted by Gasteiger charge is -2.35. The third-order valence-electron chi connectivity index (χ3n) is 7.43. The molecule has 44 heavy (non-hydrogen) atoms. The first kappa shape index (κ1) is 31.6. The van der Waals surface area contributed by atoms with Crippen LogP contribution in [0.2, 0.25) is 10.0 Å². The van der Waals surface area contributed by atoms with Crippen LogP contribution in [-0.4, -0.2) is 67.0 Å². The second-order valence-electron chi connectivity index (χ2n) is 10.3. The Bertz CT molecular complexity index is 1540. The average molecular weight is 640 g/mol. The Kier molecular flexibility index (Phi) is 10.6. The quantitative estimate of drug-likeness (QED) is 0.117. The van der Waals surface area contributed by atoms with Crippen LogP contribution in [0.25, 0.3) is 10.4 Å². The number of aliphatic imine (C=N–C) groups is 1. The predicted octanol–water partition coefficient (Wildman–Crippen LogP) is 5.43. The molecule has 0 bridgehead atoms. The summed E-state index contributed by atoms with van der Waals surface area (Å²) in [5, 5.41) is 15.4. The summed E-state index contributed by atoms with van der Waals surface area (Å²) in [7, 11) is 0. The molecule has 2 atom stereocenters. The number of nitrogens with one attached hydrogen (secondary N) is 1. The molecule has 5 rings (SSSR count). The van der Waals surface area contributed by atoms with Gasteiger partial charge in [-0.25, -0.2) is 10.0 Å². The third kappa shape index (κ3) is 7.27. The summed E-state index contributed by atoms with van der Waals surface area (Å²) >= 11 is 13.0. The number of aliphatic hydroxyl groups excluding tert-OH is 1. The Balaban J connectivity index is 1.61. The van der Waals surface area contributed by atoms with Crippen LogP contribution in [-0.2, 0) is 27.2 Å². The molecule has 3 aromatic rings. The molecule has 11 nitrogen and oxygen atoms in total. The number of azide groups is 1. The molecule has 2 aliphatic rings. The molecule has 0 aromatic heterocycles. The van der Waals surface area contributed by atoms with Gasteiger partial charge in [0, 0.05) is 58.6 Å². The molecule has 3 aromatic carbocycles. The number of hydrogen-bond acceptors (Lipinski definition) is 8.